The molecule has 5 nitrogen and oxygen atoms in total. The Bertz CT molecular complexity index is 932. The monoisotopic (exact) mass is 407 g/mol. The summed E-state index contributed by atoms with van der Waals surface area (Å²) in [6, 6.07) is 15.2. The molecule has 0 atom stereocenters. The minimum absolute atomic E-state index is 0.128. The van der Waals surface area contributed by atoms with Crippen LogP contribution in [0.1, 0.15) is 31.2 Å². The van der Waals surface area contributed by atoms with Crippen molar-refractivity contribution in [1.82, 2.24) is 19.7 Å². The largest absolute Gasteiger partial charge is 0.367 e. The summed E-state index contributed by atoms with van der Waals surface area (Å²) in [5, 5.41) is 4.79. The summed E-state index contributed by atoms with van der Waals surface area (Å²) in [6.45, 7) is 6.90. The highest BCUT2D eigenvalue weighted by Crippen LogP contribution is 2.20. The zero-order chi connectivity index (χ0) is 20.8. The van der Waals surface area contributed by atoms with Gasteiger partial charge in [0.15, 0.2) is 5.82 Å². The molecule has 1 aliphatic heterocycles. The molecule has 1 aromatic carbocycles. The van der Waals surface area contributed by atoms with Crippen molar-refractivity contribution < 1.29 is 4.39 Å². The van der Waals surface area contributed by atoms with Crippen molar-refractivity contribution in [2.45, 2.75) is 32.6 Å². The number of nitrogens with zero attached hydrogens (tertiary/aromatic N) is 5. The first-order valence-electron chi connectivity index (χ1n) is 11.0. The highest BCUT2D eigenvalue weighted by molar-refractivity contribution is 5.48. The molecule has 0 radical (unpaired) electrons. The van der Waals surface area contributed by atoms with Crippen LogP contribution >= 0.6 is 0 Å². The van der Waals surface area contributed by atoms with Crippen LogP contribution in [0.2, 0.25) is 0 Å². The molecule has 2 aromatic heterocycles. The van der Waals surface area contributed by atoms with E-state index in [1.54, 1.807) is 12.1 Å². The lowest BCUT2D eigenvalue weighted by atomic mass is 10.1. The summed E-state index contributed by atoms with van der Waals surface area (Å²) < 4.78 is 16.0. The van der Waals surface area contributed by atoms with Gasteiger partial charge < -0.3 is 4.90 Å². The molecule has 3 heterocycles. The highest BCUT2D eigenvalue weighted by atomic mass is 19.1. The van der Waals surface area contributed by atoms with Crippen molar-refractivity contribution in [3.8, 4) is 5.82 Å². The van der Waals surface area contributed by atoms with Crippen LogP contribution in [0.5, 0.6) is 0 Å². The molecule has 30 heavy (non-hydrogen) atoms. The maximum Gasteiger partial charge on any atom is 0.153 e. The smallest absolute Gasteiger partial charge is 0.153 e. The summed E-state index contributed by atoms with van der Waals surface area (Å²) in [6.07, 6.45) is 5.94. The minimum atomic E-state index is -0.128. The van der Waals surface area contributed by atoms with Crippen molar-refractivity contribution in [2.24, 2.45) is 0 Å². The predicted octanol–water partition coefficient (Wildman–Crippen LogP) is 4.11. The Morgan fingerprint density at radius 3 is 2.50 bits per heavy atom. The number of para-hydroxylation sites is 1. The van der Waals surface area contributed by atoms with Gasteiger partial charge in [0.05, 0.1) is 11.4 Å². The summed E-state index contributed by atoms with van der Waals surface area (Å²) >= 11 is 0. The fourth-order valence-electron chi connectivity index (χ4n) is 4.11. The molecule has 3 aromatic rings. The van der Waals surface area contributed by atoms with E-state index in [9.17, 15) is 4.39 Å². The number of anilines is 1. The van der Waals surface area contributed by atoms with E-state index in [0.717, 1.165) is 75.6 Å². The van der Waals surface area contributed by atoms with E-state index in [4.69, 9.17) is 5.10 Å². The zero-order valence-corrected chi connectivity index (χ0v) is 17.7. The zero-order valence-electron chi connectivity index (χ0n) is 17.7. The quantitative estimate of drug-likeness (QED) is 0.563. The van der Waals surface area contributed by atoms with Gasteiger partial charge in [-0.15, -0.1) is 0 Å². The molecule has 0 saturated carbocycles. The van der Waals surface area contributed by atoms with Gasteiger partial charge in [-0.25, -0.2) is 14.1 Å². The fraction of sp³-hybridized carbons (Fsp3) is 0.417. The molecule has 6 heteroatoms. The van der Waals surface area contributed by atoms with Gasteiger partial charge in [-0.3, -0.25) is 4.90 Å². The number of halogens is 1. The second kappa shape index (κ2) is 9.85. The molecular weight excluding hydrogens is 377 g/mol. The number of benzene rings is 1. The normalized spacial score (nSPS) is 14.9. The third-order valence-electron chi connectivity index (χ3n) is 5.68. The van der Waals surface area contributed by atoms with Crippen LogP contribution in [0.3, 0.4) is 0 Å². The summed E-state index contributed by atoms with van der Waals surface area (Å²) in [5.74, 6) is 0.755. The van der Waals surface area contributed by atoms with Crippen LogP contribution in [0.25, 0.3) is 5.82 Å². The molecule has 0 unspecified atom stereocenters. The van der Waals surface area contributed by atoms with Crippen molar-refractivity contribution in [3.05, 3.63) is 71.9 Å². The number of hydrogen-bond donors (Lipinski definition) is 0. The van der Waals surface area contributed by atoms with Crippen LogP contribution < -0.4 is 4.90 Å². The topological polar surface area (TPSA) is 37.2 Å². The third kappa shape index (κ3) is 4.87. The Balaban J connectivity index is 1.32. The number of pyridine rings is 1. The molecule has 0 N–H and O–H groups in total. The average molecular weight is 408 g/mol. The standard InChI is InChI=1S/C24H30FN5/c1-2-8-20-19-21(30(27-20)24-12-5-6-13-26-24)9-7-14-28-15-17-29(18-16-28)23-11-4-3-10-22(23)25/h3-6,10-13,19H,2,7-9,14-18H2,1H3. The van der Waals surface area contributed by atoms with Gasteiger partial charge in [-0.05, 0) is 56.1 Å². The lowest BCUT2D eigenvalue weighted by Crippen LogP contribution is -2.47. The summed E-state index contributed by atoms with van der Waals surface area (Å²) in [5.41, 5.74) is 3.08. The van der Waals surface area contributed by atoms with Gasteiger partial charge in [-0.2, -0.15) is 5.10 Å². The number of hydrogen-bond acceptors (Lipinski definition) is 4. The van der Waals surface area contributed by atoms with Gasteiger partial charge in [-0.1, -0.05) is 31.5 Å². The van der Waals surface area contributed by atoms with Gasteiger partial charge in [0.2, 0.25) is 0 Å². The lowest BCUT2D eigenvalue weighted by molar-refractivity contribution is 0.254. The van der Waals surface area contributed by atoms with Crippen LogP contribution in [0.15, 0.2) is 54.7 Å². The van der Waals surface area contributed by atoms with Crippen molar-refractivity contribution in [2.75, 3.05) is 37.6 Å². The molecule has 1 saturated heterocycles. The summed E-state index contributed by atoms with van der Waals surface area (Å²) in [4.78, 5) is 9.11. The van der Waals surface area contributed by atoms with Gasteiger partial charge in [0.1, 0.15) is 5.82 Å². The second-order valence-corrected chi connectivity index (χ2v) is 7.86. The van der Waals surface area contributed by atoms with E-state index in [1.165, 1.54) is 5.69 Å². The van der Waals surface area contributed by atoms with E-state index in [2.05, 4.69) is 27.8 Å². The van der Waals surface area contributed by atoms with Crippen molar-refractivity contribution in [3.63, 3.8) is 0 Å². The molecule has 158 valence electrons. The molecule has 1 fully saturated rings. The molecule has 1 aliphatic rings. The second-order valence-electron chi connectivity index (χ2n) is 7.86. The van der Waals surface area contributed by atoms with E-state index in [0.29, 0.717) is 0 Å². The molecule has 0 amide bonds. The van der Waals surface area contributed by atoms with Gasteiger partial charge in [0.25, 0.3) is 0 Å². The third-order valence-corrected chi connectivity index (χ3v) is 5.68. The van der Waals surface area contributed by atoms with E-state index >= 15 is 0 Å². The summed E-state index contributed by atoms with van der Waals surface area (Å²) in [7, 11) is 0. The first kappa shape index (κ1) is 20.5. The van der Waals surface area contributed by atoms with Crippen LogP contribution in [0, 0.1) is 5.82 Å². The van der Waals surface area contributed by atoms with Crippen LogP contribution in [0.4, 0.5) is 10.1 Å². The van der Waals surface area contributed by atoms with Gasteiger partial charge >= 0.3 is 0 Å². The maximum atomic E-state index is 14.0. The Labute approximate surface area is 178 Å². The Morgan fingerprint density at radius 1 is 0.967 bits per heavy atom. The molecular formula is C24H30FN5. The number of aryl methyl sites for hydroxylation is 2. The van der Waals surface area contributed by atoms with Gasteiger partial charge in [0, 0.05) is 38.1 Å². The van der Waals surface area contributed by atoms with Crippen molar-refractivity contribution >= 4 is 5.69 Å². The number of aromatic nitrogens is 3. The first-order valence-corrected chi connectivity index (χ1v) is 11.0. The SMILES string of the molecule is CCCc1cc(CCCN2CCN(c3ccccc3F)CC2)n(-c2ccccn2)n1. The van der Waals surface area contributed by atoms with Crippen molar-refractivity contribution in [1.29, 1.82) is 0 Å². The molecule has 0 spiro atoms. The molecule has 0 bridgehead atoms. The Hall–Kier alpha value is -2.73. The van der Waals surface area contributed by atoms with E-state index in [1.807, 2.05) is 41.2 Å². The van der Waals surface area contributed by atoms with Crippen LogP contribution in [-0.4, -0.2) is 52.4 Å². The van der Waals surface area contributed by atoms with E-state index in [-0.39, 0.29) is 5.82 Å². The van der Waals surface area contributed by atoms with E-state index < -0.39 is 0 Å². The average Bonchev–Trinajstić information content (AvgIpc) is 3.18. The molecule has 0 aliphatic carbocycles. The Morgan fingerprint density at radius 2 is 1.77 bits per heavy atom. The molecule has 4 rings (SSSR count). The number of rotatable bonds is 8. The first-order chi connectivity index (χ1) is 14.7. The minimum Gasteiger partial charge on any atom is -0.367 e. The lowest BCUT2D eigenvalue weighted by Gasteiger charge is -2.36. The Kier molecular flexibility index (Phi) is 6.74. The maximum absolute atomic E-state index is 14.0. The fourth-order valence-corrected chi connectivity index (χ4v) is 4.11. The predicted molar refractivity (Wildman–Crippen MR) is 119 cm³/mol. The van der Waals surface area contributed by atoms with Crippen LogP contribution in [-0.2, 0) is 12.8 Å². The number of piperazine rings is 1. The highest BCUT2D eigenvalue weighted by Gasteiger charge is 2.19.